The monoisotopic (exact) mass is 479 g/mol. The zero-order chi connectivity index (χ0) is 25.8. The van der Waals surface area contributed by atoms with Crippen molar-refractivity contribution in [3.8, 4) is 0 Å². The van der Waals surface area contributed by atoms with E-state index in [1.165, 1.54) is 18.6 Å². The first kappa shape index (κ1) is 26.1. The normalized spacial score (nSPS) is 19.5. The van der Waals surface area contributed by atoms with Gasteiger partial charge in [-0.25, -0.2) is 9.78 Å². The Balaban J connectivity index is 1.81. The van der Waals surface area contributed by atoms with E-state index in [2.05, 4.69) is 15.3 Å². The first-order valence-corrected chi connectivity index (χ1v) is 11.7. The highest BCUT2D eigenvalue weighted by molar-refractivity contribution is 6.40. The van der Waals surface area contributed by atoms with Crippen molar-refractivity contribution in [2.45, 2.75) is 59.1 Å². The number of carboxylic acid groups (broad SMARTS) is 1. The standard InChI is InChI=1S/C27H33N3O5/c1-17(30-23(32)21-15-28-16-29-21)9-12-27(25(35)26(2,3)4)13-10-18(11-14-27)19-7-5-6-8-20(19)22(31)24(33)34/h5-8,10-11,13,15-17,25,35H,9,12,14H2,1-4H3,(H,28,29)(H,30,32)(H,33,34). The number of aromatic nitrogens is 2. The van der Waals surface area contributed by atoms with Crippen molar-refractivity contribution < 1.29 is 24.6 Å². The maximum absolute atomic E-state index is 12.4. The summed E-state index contributed by atoms with van der Waals surface area (Å²) in [5.41, 5.74) is 0.842. The van der Waals surface area contributed by atoms with Gasteiger partial charge in [-0.15, -0.1) is 0 Å². The van der Waals surface area contributed by atoms with E-state index in [0.717, 1.165) is 5.57 Å². The molecule has 1 aliphatic rings. The third-order valence-electron chi connectivity index (χ3n) is 6.50. The Kier molecular flexibility index (Phi) is 7.75. The molecule has 35 heavy (non-hydrogen) atoms. The molecule has 1 heterocycles. The summed E-state index contributed by atoms with van der Waals surface area (Å²) in [6.45, 7) is 7.87. The van der Waals surface area contributed by atoms with Crippen LogP contribution < -0.4 is 5.32 Å². The van der Waals surface area contributed by atoms with Gasteiger partial charge in [0, 0.05) is 17.0 Å². The van der Waals surface area contributed by atoms with Crippen LogP contribution in [-0.2, 0) is 4.79 Å². The van der Waals surface area contributed by atoms with Crippen LogP contribution in [0.2, 0.25) is 0 Å². The summed E-state index contributed by atoms with van der Waals surface area (Å²) < 4.78 is 0. The molecule has 0 spiro atoms. The molecule has 0 bridgehead atoms. The number of rotatable bonds is 9. The quantitative estimate of drug-likeness (QED) is 0.317. The van der Waals surface area contributed by atoms with E-state index in [0.29, 0.717) is 30.5 Å². The van der Waals surface area contributed by atoms with Gasteiger partial charge in [-0.3, -0.25) is 9.59 Å². The molecule has 0 fully saturated rings. The Labute approximate surface area is 205 Å². The van der Waals surface area contributed by atoms with E-state index in [1.54, 1.807) is 18.2 Å². The molecule has 0 aliphatic heterocycles. The molecule has 3 atom stereocenters. The molecule has 4 N–H and O–H groups in total. The molecular formula is C27H33N3O5. The Bertz CT molecular complexity index is 1140. The highest BCUT2D eigenvalue weighted by Crippen LogP contribution is 2.46. The highest BCUT2D eigenvalue weighted by atomic mass is 16.4. The summed E-state index contributed by atoms with van der Waals surface area (Å²) in [5, 5.41) is 23.5. The number of hydrogen-bond acceptors (Lipinski definition) is 5. The third-order valence-corrected chi connectivity index (χ3v) is 6.50. The number of Topliss-reactive ketones (excluding diaryl/α,β-unsaturated/α-hetero) is 1. The van der Waals surface area contributed by atoms with Gasteiger partial charge in [0.25, 0.3) is 11.7 Å². The van der Waals surface area contributed by atoms with Crippen LogP contribution >= 0.6 is 0 Å². The summed E-state index contributed by atoms with van der Waals surface area (Å²) >= 11 is 0. The number of nitrogens with zero attached hydrogens (tertiary/aromatic N) is 1. The molecule has 1 aliphatic carbocycles. The highest BCUT2D eigenvalue weighted by Gasteiger charge is 2.42. The van der Waals surface area contributed by atoms with Crippen LogP contribution in [0.3, 0.4) is 0 Å². The number of ketones is 1. The third kappa shape index (κ3) is 5.95. The van der Waals surface area contributed by atoms with Crippen molar-refractivity contribution in [2.24, 2.45) is 10.8 Å². The second-order valence-corrected chi connectivity index (χ2v) is 10.3. The Morgan fingerprint density at radius 3 is 2.51 bits per heavy atom. The van der Waals surface area contributed by atoms with E-state index in [1.807, 2.05) is 45.9 Å². The molecule has 1 amide bonds. The van der Waals surface area contributed by atoms with E-state index < -0.39 is 28.7 Å². The molecule has 0 radical (unpaired) electrons. The lowest BCUT2D eigenvalue weighted by Crippen LogP contribution is -2.44. The largest absolute Gasteiger partial charge is 0.475 e. The lowest BCUT2D eigenvalue weighted by atomic mass is 9.64. The zero-order valence-corrected chi connectivity index (χ0v) is 20.5. The summed E-state index contributed by atoms with van der Waals surface area (Å²) in [6.07, 6.45) is 9.80. The molecule has 3 rings (SSSR count). The fourth-order valence-corrected chi connectivity index (χ4v) is 4.57. The average Bonchev–Trinajstić information content (AvgIpc) is 3.37. The van der Waals surface area contributed by atoms with E-state index in [4.69, 9.17) is 0 Å². The van der Waals surface area contributed by atoms with Crippen molar-refractivity contribution in [1.29, 1.82) is 0 Å². The van der Waals surface area contributed by atoms with Crippen LogP contribution in [0, 0.1) is 10.8 Å². The van der Waals surface area contributed by atoms with E-state index in [9.17, 15) is 24.6 Å². The number of carbonyl (C=O) groups is 3. The SMILES string of the molecule is CC(CCC1(C(O)C(C)(C)C)C=CC(c2ccccc2C(=O)C(=O)O)=CC1)NC(=O)c1cnc[nH]1. The minimum absolute atomic E-state index is 0.134. The van der Waals surface area contributed by atoms with Gasteiger partial charge >= 0.3 is 5.97 Å². The van der Waals surface area contributed by atoms with Gasteiger partial charge in [0.05, 0.1) is 18.6 Å². The van der Waals surface area contributed by atoms with Gasteiger partial charge in [0.2, 0.25) is 0 Å². The molecule has 1 aromatic heterocycles. The molecule has 2 aromatic rings. The number of nitrogens with one attached hydrogen (secondary N) is 2. The number of imidazole rings is 1. The van der Waals surface area contributed by atoms with Crippen molar-refractivity contribution >= 4 is 23.2 Å². The zero-order valence-electron chi connectivity index (χ0n) is 20.5. The van der Waals surface area contributed by atoms with Crippen molar-refractivity contribution in [1.82, 2.24) is 15.3 Å². The fourth-order valence-electron chi connectivity index (χ4n) is 4.57. The second-order valence-electron chi connectivity index (χ2n) is 10.3. The second kappa shape index (κ2) is 10.4. The van der Waals surface area contributed by atoms with Crippen LogP contribution in [0.15, 0.2) is 55.0 Å². The first-order valence-electron chi connectivity index (χ1n) is 11.7. The molecule has 3 unspecified atom stereocenters. The molecule has 0 saturated heterocycles. The van der Waals surface area contributed by atoms with Crippen molar-refractivity contribution in [3.63, 3.8) is 0 Å². The molecule has 8 nitrogen and oxygen atoms in total. The number of aliphatic hydroxyl groups is 1. The minimum atomic E-state index is -1.50. The van der Waals surface area contributed by atoms with Crippen LogP contribution in [0.4, 0.5) is 0 Å². The minimum Gasteiger partial charge on any atom is -0.475 e. The van der Waals surface area contributed by atoms with Crippen molar-refractivity contribution in [2.75, 3.05) is 0 Å². The van der Waals surface area contributed by atoms with Crippen LogP contribution in [0.1, 0.15) is 73.4 Å². The average molecular weight is 480 g/mol. The molecular weight excluding hydrogens is 446 g/mol. The fraction of sp³-hybridized carbons (Fsp3) is 0.407. The number of amides is 1. The Hall–Kier alpha value is -3.52. The summed E-state index contributed by atoms with van der Waals surface area (Å²) in [5.74, 6) is -2.69. The van der Waals surface area contributed by atoms with Gasteiger partial charge in [0.15, 0.2) is 0 Å². The smallest absolute Gasteiger partial charge is 0.377 e. The Morgan fingerprint density at radius 2 is 1.94 bits per heavy atom. The number of allylic oxidation sites excluding steroid dienone is 3. The first-order chi connectivity index (χ1) is 16.4. The number of H-pyrrole nitrogens is 1. The lowest BCUT2D eigenvalue weighted by molar-refractivity contribution is -0.131. The summed E-state index contributed by atoms with van der Waals surface area (Å²) in [6, 6.07) is 6.50. The molecule has 186 valence electrons. The predicted octanol–water partition coefficient (Wildman–Crippen LogP) is 4.01. The van der Waals surface area contributed by atoms with Gasteiger partial charge in [-0.05, 0) is 42.7 Å². The number of benzene rings is 1. The molecule has 8 heteroatoms. The van der Waals surface area contributed by atoms with Gasteiger partial charge in [0.1, 0.15) is 5.69 Å². The predicted molar refractivity (Wildman–Crippen MR) is 133 cm³/mol. The van der Waals surface area contributed by atoms with Crippen molar-refractivity contribution in [3.05, 3.63) is 71.8 Å². The van der Waals surface area contributed by atoms with Gasteiger partial charge in [-0.1, -0.05) is 63.3 Å². The number of aliphatic carboxylic acids is 1. The van der Waals surface area contributed by atoms with Crippen LogP contribution in [0.5, 0.6) is 0 Å². The maximum Gasteiger partial charge on any atom is 0.377 e. The molecule has 0 saturated carbocycles. The van der Waals surface area contributed by atoms with Crippen LogP contribution in [0.25, 0.3) is 5.57 Å². The summed E-state index contributed by atoms with van der Waals surface area (Å²) in [4.78, 5) is 42.5. The lowest BCUT2D eigenvalue weighted by Gasteiger charge is -2.44. The van der Waals surface area contributed by atoms with E-state index >= 15 is 0 Å². The van der Waals surface area contributed by atoms with E-state index in [-0.39, 0.29) is 17.5 Å². The summed E-state index contributed by atoms with van der Waals surface area (Å²) in [7, 11) is 0. The van der Waals surface area contributed by atoms with Gasteiger partial charge < -0.3 is 20.5 Å². The maximum atomic E-state index is 12.4. The number of aliphatic hydroxyl groups excluding tert-OH is 1. The Morgan fingerprint density at radius 1 is 1.23 bits per heavy atom. The van der Waals surface area contributed by atoms with Gasteiger partial charge in [-0.2, -0.15) is 0 Å². The number of carbonyl (C=O) groups excluding carboxylic acids is 2. The number of aromatic amines is 1. The molecule has 1 aromatic carbocycles. The topological polar surface area (TPSA) is 132 Å². The number of hydrogen-bond donors (Lipinski definition) is 4. The van der Waals surface area contributed by atoms with Crippen LogP contribution in [-0.4, -0.2) is 50.0 Å². The number of carboxylic acids is 1.